The Bertz CT molecular complexity index is 1700. The minimum Gasteiger partial charge on any atom is -0.494 e. The van der Waals surface area contributed by atoms with Gasteiger partial charge in [-0.1, -0.05) is 18.9 Å². The van der Waals surface area contributed by atoms with Gasteiger partial charge in [-0.15, -0.1) is 0 Å². The number of piperidine rings is 1. The Hall–Kier alpha value is -3.52. The van der Waals surface area contributed by atoms with E-state index in [0.29, 0.717) is 23.1 Å². The third-order valence-corrected chi connectivity index (χ3v) is 10.6. The van der Waals surface area contributed by atoms with Gasteiger partial charge in [-0.05, 0) is 80.2 Å². The van der Waals surface area contributed by atoms with E-state index in [1.54, 1.807) is 7.11 Å². The number of imidazole rings is 1. The molecule has 1 unspecified atom stereocenters. The average molecular weight is 567 g/mol. The fourth-order valence-electron chi connectivity index (χ4n) is 7.60. The maximum Gasteiger partial charge on any atom is 0.254 e. The van der Waals surface area contributed by atoms with Crippen LogP contribution in [0, 0.1) is 17.8 Å². The second-order valence-corrected chi connectivity index (χ2v) is 13.5. The molecule has 3 saturated carbocycles. The average Bonchev–Trinajstić information content (AvgIpc) is 3.90. The molecule has 4 fully saturated rings. The van der Waals surface area contributed by atoms with E-state index in [4.69, 9.17) is 15.5 Å². The van der Waals surface area contributed by atoms with Gasteiger partial charge < -0.3 is 29.4 Å². The highest BCUT2D eigenvalue weighted by molar-refractivity contribution is 6.00. The first-order valence-electron chi connectivity index (χ1n) is 15.9. The van der Waals surface area contributed by atoms with E-state index in [1.165, 1.54) is 48.7 Å². The van der Waals surface area contributed by atoms with Gasteiger partial charge >= 0.3 is 0 Å². The Morgan fingerprint density at radius 2 is 1.88 bits per heavy atom. The number of hydrogen-bond donors (Lipinski definition) is 1. The molecule has 0 spiro atoms. The fraction of sp³-hybridized carbons (Fsp3) is 0.529. The fourth-order valence-corrected chi connectivity index (χ4v) is 7.60. The van der Waals surface area contributed by atoms with E-state index in [1.807, 2.05) is 17.0 Å². The zero-order valence-corrected chi connectivity index (χ0v) is 25.1. The second-order valence-electron chi connectivity index (χ2n) is 13.5. The molecular weight excluding hydrogens is 524 g/mol. The molecule has 1 amide bonds. The molecule has 2 N–H and O–H groups in total. The molecule has 4 aromatic rings. The first-order valence-corrected chi connectivity index (χ1v) is 15.9. The summed E-state index contributed by atoms with van der Waals surface area (Å²) in [6.45, 7) is 2.84. The Kier molecular flexibility index (Phi) is 6.07. The van der Waals surface area contributed by atoms with Crippen molar-refractivity contribution >= 4 is 33.5 Å². The first-order chi connectivity index (χ1) is 20.4. The van der Waals surface area contributed by atoms with Gasteiger partial charge in [0, 0.05) is 62.5 Å². The lowest BCUT2D eigenvalue weighted by atomic mass is 10.1. The Morgan fingerprint density at radius 1 is 1.07 bits per heavy atom. The third kappa shape index (κ3) is 4.29. The molecule has 1 saturated heterocycles. The molecule has 4 aliphatic rings. The van der Waals surface area contributed by atoms with Gasteiger partial charge in [-0.2, -0.15) is 0 Å². The number of hydrogen-bond acceptors (Lipinski definition) is 5. The van der Waals surface area contributed by atoms with Gasteiger partial charge in [0.05, 0.1) is 23.8 Å². The lowest BCUT2D eigenvalue weighted by Crippen LogP contribution is -2.41. The van der Waals surface area contributed by atoms with Crippen LogP contribution in [-0.4, -0.2) is 64.3 Å². The number of methoxy groups -OCH3 is 1. The minimum absolute atomic E-state index is 0.0336. The largest absolute Gasteiger partial charge is 0.494 e. The zero-order chi connectivity index (χ0) is 28.7. The molecule has 3 aliphatic carbocycles. The SMILES string of the molecule is COc1cc(C(=O)N2C[C@H]3CCC2[C@@H]3N)cc2nc(-c3cc4ccc(N(C)CCC5CC5)cc4n3CC3CC3)n(C)c12. The highest BCUT2D eigenvalue weighted by atomic mass is 16.5. The topological polar surface area (TPSA) is 81.6 Å². The van der Waals surface area contributed by atoms with Gasteiger partial charge in [-0.3, -0.25) is 4.79 Å². The number of likely N-dealkylation sites (tertiary alicyclic amines) is 1. The summed E-state index contributed by atoms with van der Waals surface area (Å²) in [6, 6.07) is 13.2. The number of nitrogens with two attached hydrogens (primary N) is 1. The number of fused-ring (bicyclic) bond motifs is 4. The van der Waals surface area contributed by atoms with Gasteiger partial charge in [-0.25, -0.2) is 4.98 Å². The van der Waals surface area contributed by atoms with Crippen molar-refractivity contribution in [3.8, 4) is 17.3 Å². The quantitative estimate of drug-likeness (QED) is 0.293. The predicted molar refractivity (Wildman–Crippen MR) is 167 cm³/mol. The van der Waals surface area contributed by atoms with Crippen molar-refractivity contribution in [2.24, 2.45) is 30.5 Å². The molecule has 42 heavy (non-hydrogen) atoms. The Morgan fingerprint density at radius 3 is 2.57 bits per heavy atom. The number of aromatic nitrogens is 3. The van der Waals surface area contributed by atoms with Crippen LogP contribution in [0.4, 0.5) is 5.69 Å². The van der Waals surface area contributed by atoms with Crippen molar-refractivity contribution in [1.82, 2.24) is 19.0 Å². The number of benzene rings is 2. The second kappa shape index (κ2) is 9.76. The summed E-state index contributed by atoms with van der Waals surface area (Å²) in [5.74, 6) is 3.66. The number of anilines is 1. The van der Waals surface area contributed by atoms with Crippen LogP contribution in [-0.2, 0) is 13.6 Å². The van der Waals surface area contributed by atoms with Gasteiger partial charge in [0.1, 0.15) is 11.3 Å². The van der Waals surface area contributed by atoms with Crippen molar-refractivity contribution in [2.75, 3.05) is 32.1 Å². The summed E-state index contributed by atoms with van der Waals surface area (Å²) < 4.78 is 10.5. The number of nitrogens with zero attached hydrogens (tertiary/aromatic N) is 5. The minimum atomic E-state index is 0.0336. The number of carbonyl (C=O) groups excluding carboxylic acids is 1. The van der Waals surface area contributed by atoms with Crippen molar-refractivity contribution in [1.29, 1.82) is 0 Å². The summed E-state index contributed by atoms with van der Waals surface area (Å²) in [5, 5.41) is 1.24. The molecule has 1 aliphatic heterocycles. The smallest absolute Gasteiger partial charge is 0.254 e. The maximum absolute atomic E-state index is 13.7. The number of amides is 1. The molecule has 0 radical (unpaired) electrons. The lowest BCUT2D eigenvalue weighted by Gasteiger charge is -2.27. The molecule has 3 heterocycles. The van der Waals surface area contributed by atoms with Crippen LogP contribution in [0.25, 0.3) is 33.5 Å². The van der Waals surface area contributed by atoms with Gasteiger partial charge in [0.2, 0.25) is 0 Å². The van der Waals surface area contributed by atoms with Crippen LogP contribution in [0.15, 0.2) is 36.4 Å². The number of aryl methyl sites for hydroxylation is 1. The monoisotopic (exact) mass is 566 g/mol. The molecule has 8 rings (SSSR count). The van der Waals surface area contributed by atoms with E-state index in [-0.39, 0.29) is 18.0 Å². The highest BCUT2D eigenvalue weighted by Crippen LogP contribution is 2.41. The molecular formula is C34H42N6O2. The van der Waals surface area contributed by atoms with E-state index >= 15 is 0 Å². The van der Waals surface area contributed by atoms with E-state index in [2.05, 4.69) is 52.4 Å². The van der Waals surface area contributed by atoms with Crippen LogP contribution in [0.1, 0.15) is 55.3 Å². The standard InChI is InChI=1S/C34H42N6O2/c1-37(13-12-20-4-5-20)25-10-8-22-15-29(39(28(22)17-25)18-21-6-7-21)33-36-26-14-24(16-30(42-3)32(26)38(33)2)34(41)40-19-23-9-11-27(40)31(23)35/h8,10,14-17,20-21,23,27,31H,4-7,9,11-13,18-19,35H2,1-3H3/t23-,27?,31-/m1/s1. The molecule has 220 valence electrons. The first kappa shape index (κ1) is 26.1. The Balaban J connectivity index is 1.19. The number of carbonyl (C=O) groups is 1. The third-order valence-electron chi connectivity index (χ3n) is 10.6. The maximum atomic E-state index is 13.7. The summed E-state index contributed by atoms with van der Waals surface area (Å²) >= 11 is 0. The van der Waals surface area contributed by atoms with Crippen LogP contribution in [0.2, 0.25) is 0 Å². The summed E-state index contributed by atoms with van der Waals surface area (Å²) in [7, 11) is 5.95. The van der Waals surface area contributed by atoms with Gasteiger partial charge in [0.15, 0.2) is 5.82 Å². The van der Waals surface area contributed by atoms with Crippen LogP contribution >= 0.6 is 0 Å². The van der Waals surface area contributed by atoms with E-state index in [0.717, 1.165) is 60.9 Å². The molecule has 8 heteroatoms. The van der Waals surface area contributed by atoms with E-state index in [9.17, 15) is 4.79 Å². The van der Waals surface area contributed by atoms with Gasteiger partial charge in [0.25, 0.3) is 5.91 Å². The predicted octanol–water partition coefficient (Wildman–Crippen LogP) is 5.41. The summed E-state index contributed by atoms with van der Waals surface area (Å²) in [5.41, 5.74) is 12.4. The Labute approximate surface area is 247 Å². The van der Waals surface area contributed by atoms with E-state index < -0.39 is 0 Å². The van der Waals surface area contributed by atoms with Crippen LogP contribution < -0.4 is 15.4 Å². The summed E-state index contributed by atoms with van der Waals surface area (Å²) in [4.78, 5) is 23.3. The van der Waals surface area contributed by atoms with Crippen molar-refractivity contribution in [3.05, 3.63) is 42.0 Å². The molecule has 3 atom stereocenters. The lowest BCUT2D eigenvalue weighted by molar-refractivity contribution is 0.0700. The van der Waals surface area contributed by atoms with Crippen molar-refractivity contribution < 1.29 is 9.53 Å². The molecule has 8 nitrogen and oxygen atoms in total. The molecule has 2 aromatic carbocycles. The normalized spacial score (nSPS) is 23.4. The number of rotatable bonds is 9. The van der Waals surface area contributed by atoms with Crippen LogP contribution in [0.5, 0.6) is 5.75 Å². The summed E-state index contributed by atoms with van der Waals surface area (Å²) in [6.07, 6.45) is 8.75. The van der Waals surface area contributed by atoms with Crippen molar-refractivity contribution in [2.45, 2.75) is 63.6 Å². The molecule has 2 aromatic heterocycles. The highest BCUT2D eigenvalue weighted by Gasteiger charge is 2.47. The van der Waals surface area contributed by atoms with Crippen molar-refractivity contribution in [3.63, 3.8) is 0 Å². The molecule has 2 bridgehead atoms. The van der Waals surface area contributed by atoms with Crippen LogP contribution in [0.3, 0.4) is 0 Å². The zero-order valence-electron chi connectivity index (χ0n) is 25.1. The number of ether oxygens (including phenoxy) is 1.